The van der Waals surface area contributed by atoms with Crippen molar-refractivity contribution in [3.8, 4) is 0 Å². The maximum atomic E-state index is 13.0. The smallest absolute Gasteiger partial charge is 0.248 e. The highest BCUT2D eigenvalue weighted by Gasteiger charge is 2.36. The van der Waals surface area contributed by atoms with Gasteiger partial charge in [-0.1, -0.05) is 12.2 Å². The second-order valence-corrected chi connectivity index (χ2v) is 8.88. The molecule has 0 aliphatic carbocycles. The van der Waals surface area contributed by atoms with Gasteiger partial charge in [-0.05, 0) is 31.8 Å². The molecule has 1 aliphatic heterocycles. The van der Waals surface area contributed by atoms with Gasteiger partial charge < -0.3 is 31.6 Å². The first-order valence-corrected chi connectivity index (χ1v) is 12.4. The van der Waals surface area contributed by atoms with E-state index in [2.05, 4.69) is 16.0 Å². The number of hydrogen-bond donors (Lipinski definition) is 6. The lowest BCUT2D eigenvalue weighted by Crippen LogP contribution is -2.61. The SMILES string of the molecule is CSCC[C@H](C=O)N[C@@H]1NC(=O)CCC=CCN(CN)C(=O)[C@H](C(=O)[C@@H](N)[C@H](C)O)NCC1=O. The average molecular weight is 501 g/mol. The third kappa shape index (κ3) is 9.60. The lowest BCUT2D eigenvalue weighted by molar-refractivity contribution is -0.139. The molecule has 0 aromatic heterocycles. The Morgan fingerprint density at radius 1 is 1.38 bits per heavy atom. The fourth-order valence-corrected chi connectivity index (χ4v) is 3.60. The minimum atomic E-state index is -1.54. The molecule has 192 valence electrons. The number of amides is 2. The third-order valence-corrected chi connectivity index (χ3v) is 5.87. The number of hydrogen-bond acceptors (Lipinski definition) is 11. The van der Waals surface area contributed by atoms with E-state index in [0.717, 1.165) is 0 Å². The zero-order valence-corrected chi connectivity index (χ0v) is 20.4. The molecule has 12 nitrogen and oxygen atoms in total. The standard InChI is InChI=1S/C21H36N6O6S/c1-13(29)17(23)19(32)18-21(33)27(12-22)8-5-3-4-6-16(31)26-20(15(30)10-24-18)25-14(11-28)7-9-34-2/h3,5,11,13-14,17-18,20,24-25,29H,4,6-10,12,22-23H2,1-2H3,(H,26,31)/t13-,14+,17-,18-,20+/m0/s1. The second kappa shape index (κ2) is 15.7. The first-order valence-electron chi connectivity index (χ1n) is 11.0. The van der Waals surface area contributed by atoms with Gasteiger partial charge in [-0.25, -0.2) is 0 Å². The lowest BCUT2D eigenvalue weighted by atomic mass is 10.00. The number of nitrogens with one attached hydrogen (secondary N) is 3. The molecule has 0 unspecified atom stereocenters. The summed E-state index contributed by atoms with van der Waals surface area (Å²) < 4.78 is 0. The predicted molar refractivity (Wildman–Crippen MR) is 129 cm³/mol. The maximum absolute atomic E-state index is 13.0. The topological polar surface area (TPSA) is 197 Å². The molecular weight excluding hydrogens is 464 g/mol. The summed E-state index contributed by atoms with van der Waals surface area (Å²) in [6, 6.07) is -3.59. The monoisotopic (exact) mass is 500 g/mol. The van der Waals surface area contributed by atoms with Crippen molar-refractivity contribution in [2.24, 2.45) is 11.5 Å². The van der Waals surface area contributed by atoms with Crippen LogP contribution >= 0.6 is 11.8 Å². The molecule has 1 aliphatic rings. The number of allylic oxidation sites excluding steroid dienone is 1. The Kier molecular flexibility index (Phi) is 13.8. The van der Waals surface area contributed by atoms with Crippen LogP contribution in [0.15, 0.2) is 12.2 Å². The summed E-state index contributed by atoms with van der Waals surface area (Å²) in [7, 11) is 0. The largest absolute Gasteiger partial charge is 0.391 e. The van der Waals surface area contributed by atoms with E-state index in [9.17, 15) is 29.1 Å². The van der Waals surface area contributed by atoms with Crippen LogP contribution < -0.4 is 27.4 Å². The molecule has 1 heterocycles. The van der Waals surface area contributed by atoms with Crippen molar-refractivity contribution in [2.45, 2.75) is 56.6 Å². The van der Waals surface area contributed by atoms with E-state index in [4.69, 9.17) is 11.5 Å². The van der Waals surface area contributed by atoms with Gasteiger partial charge in [0.1, 0.15) is 18.5 Å². The Hall–Kier alpha value is -2.16. The van der Waals surface area contributed by atoms with Crippen molar-refractivity contribution in [2.75, 3.05) is 31.8 Å². The molecule has 2 amide bonds. The summed E-state index contributed by atoms with van der Waals surface area (Å²) in [5.41, 5.74) is 11.4. The Labute approximate surface area is 203 Å². The molecular formula is C21H36N6O6S. The molecule has 34 heavy (non-hydrogen) atoms. The number of aliphatic hydroxyl groups excluding tert-OH is 1. The van der Waals surface area contributed by atoms with Crippen LogP contribution in [0.3, 0.4) is 0 Å². The number of nitrogens with two attached hydrogens (primary N) is 2. The predicted octanol–water partition coefficient (Wildman–Crippen LogP) is -2.76. The summed E-state index contributed by atoms with van der Waals surface area (Å²) in [5, 5.41) is 17.7. The number of aliphatic hydroxyl groups is 1. The van der Waals surface area contributed by atoms with Crippen LogP contribution in [0.5, 0.6) is 0 Å². The van der Waals surface area contributed by atoms with E-state index in [1.807, 2.05) is 6.26 Å². The van der Waals surface area contributed by atoms with Gasteiger partial charge in [-0.3, -0.25) is 29.8 Å². The van der Waals surface area contributed by atoms with Crippen molar-refractivity contribution in [3.63, 3.8) is 0 Å². The summed E-state index contributed by atoms with van der Waals surface area (Å²) in [6.45, 7) is 0.706. The molecule has 5 atom stereocenters. The number of aldehydes is 1. The normalized spacial score (nSPS) is 23.6. The van der Waals surface area contributed by atoms with Crippen LogP contribution in [-0.2, 0) is 24.0 Å². The van der Waals surface area contributed by atoms with Crippen LogP contribution in [0, 0.1) is 0 Å². The Bertz CT molecular complexity index is 749. The van der Waals surface area contributed by atoms with Crippen molar-refractivity contribution in [3.05, 3.63) is 12.2 Å². The Morgan fingerprint density at radius 3 is 2.68 bits per heavy atom. The van der Waals surface area contributed by atoms with E-state index < -0.39 is 60.3 Å². The highest BCUT2D eigenvalue weighted by molar-refractivity contribution is 7.98. The van der Waals surface area contributed by atoms with Crippen molar-refractivity contribution in [1.82, 2.24) is 20.9 Å². The molecule has 0 fully saturated rings. The molecule has 1 rings (SSSR count). The zero-order chi connectivity index (χ0) is 25.7. The van der Waals surface area contributed by atoms with E-state index in [1.165, 1.54) is 23.6 Å². The molecule has 0 aromatic carbocycles. The molecule has 8 N–H and O–H groups in total. The van der Waals surface area contributed by atoms with Gasteiger partial charge in [-0.15, -0.1) is 0 Å². The van der Waals surface area contributed by atoms with Gasteiger partial charge in [0.2, 0.25) is 11.8 Å². The first kappa shape index (κ1) is 29.9. The summed E-state index contributed by atoms with van der Waals surface area (Å²) in [5.74, 6) is -1.84. The van der Waals surface area contributed by atoms with E-state index in [0.29, 0.717) is 24.9 Å². The molecule has 0 saturated carbocycles. The average Bonchev–Trinajstić information content (AvgIpc) is 2.81. The number of carbonyl (C=O) groups is 5. The van der Waals surface area contributed by atoms with E-state index in [-0.39, 0.29) is 19.6 Å². The summed E-state index contributed by atoms with van der Waals surface area (Å²) in [6.07, 6.45) is 4.30. The third-order valence-electron chi connectivity index (χ3n) is 5.23. The number of Topliss-reactive ketones (excluding diaryl/α,β-unsaturated/α-hetero) is 2. The number of carbonyl (C=O) groups excluding carboxylic acids is 5. The second-order valence-electron chi connectivity index (χ2n) is 7.89. The van der Waals surface area contributed by atoms with Crippen molar-refractivity contribution >= 4 is 41.4 Å². The fraction of sp³-hybridized carbons (Fsp3) is 0.667. The quantitative estimate of drug-likeness (QED) is 0.103. The van der Waals surface area contributed by atoms with Crippen molar-refractivity contribution < 1.29 is 29.1 Å². The molecule has 0 saturated heterocycles. The van der Waals surface area contributed by atoms with Gasteiger partial charge >= 0.3 is 0 Å². The van der Waals surface area contributed by atoms with Gasteiger partial charge in [-0.2, -0.15) is 11.8 Å². The summed E-state index contributed by atoms with van der Waals surface area (Å²) >= 11 is 1.53. The number of nitrogens with zero attached hydrogens (tertiary/aromatic N) is 1. The van der Waals surface area contributed by atoms with E-state index in [1.54, 1.807) is 12.2 Å². The number of ketones is 2. The fourth-order valence-electron chi connectivity index (χ4n) is 3.11. The molecule has 0 bridgehead atoms. The van der Waals surface area contributed by atoms with Gasteiger partial charge in [0.05, 0.1) is 31.4 Å². The highest BCUT2D eigenvalue weighted by Crippen LogP contribution is 2.05. The number of rotatable bonds is 10. The Morgan fingerprint density at radius 2 is 2.09 bits per heavy atom. The van der Waals surface area contributed by atoms with Crippen LogP contribution in [0.2, 0.25) is 0 Å². The number of thioether (sulfide) groups is 1. The highest BCUT2D eigenvalue weighted by atomic mass is 32.2. The van der Waals surface area contributed by atoms with Crippen molar-refractivity contribution in [1.29, 1.82) is 0 Å². The minimum absolute atomic E-state index is 0.0842. The molecule has 0 radical (unpaired) electrons. The van der Waals surface area contributed by atoms with Crippen LogP contribution in [0.25, 0.3) is 0 Å². The molecule has 13 heteroatoms. The van der Waals surface area contributed by atoms with E-state index >= 15 is 0 Å². The zero-order valence-electron chi connectivity index (χ0n) is 19.6. The molecule has 0 spiro atoms. The van der Waals surface area contributed by atoms with Gasteiger partial charge in [0, 0.05) is 13.0 Å². The first-order chi connectivity index (χ1) is 16.2. The Balaban J connectivity index is 3.21. The van der Waals surface area contributed by atoms with Crippen LogP contribution in [0.1, 0.15) is 26.2 Å². The van der Waals surface area contributed by atoms with Gasteiger partial charge in [0.15, 0.2) is 11.6 Å². The minimum Gasteiger partial charge on any atom is -0.391 e. The molecule has 0 aromatic rings. The maximum Gasteiger partial charge on any atom is 0.248 e. The van der Waals surface area contributed by atoms with Gasteiger partial charge in [0.25, 0.3) is 0 Å². The van der Waals surface area contributed by atoms with Crippen LogP contribution in [-0.4, -0.2) is 102 Å². The lowest BCUT2D eigenvalue weighted by Gasteiger charge is -2.28. The van der Waals surface area contributed by atoms with Crippen LogP contribution in [0.4, 0.5) is 0 Å². The summed E-state index contributed by atoms with van der Waals surface area (Å²) in [4.78, 5) is 63.9.